The van der Waals surface area contributed by atoms with Gasteiger partial charge in [0.2, 0.25) is 5.91 Å². The third-order valence-corrected chi connectivity index (χ3v) is 2.02. The Morgan fingerprint density at radius 3 is 2.81 bits per heavy atom. The first kappa shape index (κ1) is 12.1. The van der Waals surface area contributed by atoms with Crippen LogP contribution in [0.25, 0.3) is 6.08 Å². The van der Waals surface area contributed by atoms with Crippen LogP contribution in [0.1, 0.15) is 18.4 Å². The number of unbranched alkanes of at least 4 members (excludes halogenated alkanes) is 1. The largest absolute Gasteiger partial charge is 0.353 e. The molecule has 0 saturated heterocycles. The molecule has 0 saturated carbocycles. The quantitative estimate of drug-likeness (QED) is 0.453. The number of rotatable bonds is 5. The molecule has 0 radical (unpaired) electrons. The molecule has 0 aliphatic heterocycles. The molecule has 0 spiro atoms. The molecule has 82 valence electrons. The van der Waals surface area contributed by atoms with Crippen LogP contribution in [0.3, 0.4) is 0 Å². The number of nitrogens with one attached hydrogen (secondary N) is 1. The van der Waals surface area contributed by atoms with Gasteiger partial charge in [-0.3, -0.25) is 4.79 Å². The summed E-state index contributed by atoms with van der Waals surface area (Å²) in [6.07, 6.45) is 9.94. The molecule has 1 rings (SSSR count). The molecular formula is C14H15NO. The van der Waals surface area contributed by atoms with E-state index in [0.29, 0.717) is 13.0 Å². The summed E-state index contributed by atoms with van der Waals surface area (Å²) in [6.45, 7) is 0.627. The topological polar surface area (TPSA) is 29.1 Å². The van der Waals surface area contributed by atoms with Gasteiger partial charge < -0.3 is 5.32 Å². The van der Waals surface area contributed by atoms with Gasteiger partial charge in [0.05, 0.1) is 0 Å². The average Bonchev–Trinajstić information content (AvgIpc) is 2.33. The average molecular weight is 213 g/mol. The van der Waals surface area contributed by atoms with Crippen LogP contribution in [0, 0.1) is 12.3 Å². The van der Waals surface area contributed by atoms with Crippen molar-refractivity contribution in [2.24, 2.45) is 0 Å². The van der Waals surface area contributed by atoms with Crippen LogP contribution in [-0.4, -0.2) is 12.5 Å². The summed E-state index contributed by atoms with van der Waals surface area (Å²) >= 11 is 0. The van der Waals surface area contributed by atoms with Crippen molar-refractivity contribution in [3.63, 3.8) is 0 Å². The number of hydrogen-bond acceptors (Lipinski definition) is 1. The first-order chi connectivity index (χ1) is 7.83. The van der Waals surface area contributed by atoms with Gasteiger partial charge >= 0.3 is 0 Å². The smallest absolute Gasteiger partial charge is 0.243 e. The van der Waals surface area contributed by atoms with Gasteiger partial charge in [0.25, 0.3) is 0 Å². The van der Waals surface area contributed by atoms with Crippen LogP contribution in [0.15, 0.2) is 36.4 Å². The van der Waals surface area contributed by atoms with E-state index in [0.717, 1.165) is 12.0 Å². The lowest BCUT2D eigenvalue weighted by atomic mass is 10.2. The van der Waals surface area contributed by atoms with E-state index in [2.05, 4.69) is 11.2 Å². The third-order valence-electron chi connectivity index (χ3n) is 2.02. The molecule has 1 aromatic rings. The highest BCUT2D eigenvalue weighted by molar-refractivity contribution is 5.91. The fraction of sp³-hybridized carbons (Fsp3) is 0.214. The molecule has 0 heterocycles. The van der Waals surface area contributed by atoms with Gasteiger partial charge in [-0.05, 0) is 18.1 Å². The Morgan fingerprint density at radius 1 is 1.38 bits per heavy atom. The lowest BCUT2D eigenvalue weighted by molar-refractivity contribution is -0.116. The predicted molar refractivity (Wildman–Crippen MR) is 66.6 cm³/mol. The lowest BCUT2D eigenvalue weighted by Crippen LogP contribution is -2.21. The molecule has 16 heavy (non-hydrogen) atoms. The minimum absolute atomic E-state index is 0.0825. The number of benzene rings is 1. The van der Waals surface area contributed by atoms with E-state index in [-0.39, 0.29) is 5.91 Å². The molecule has 0 unspecified atom stereocenters. The molecule has 0 aliphatic carbocycles. The molecule has 2 heteroatoms. The van der Waals surface area contributed by atoms with Crippen LogP contribution < -0.4 is 5.32 Å². The summed E-state index contributed by atoms with van der Waals surface area (Å²) < 4.78 is 0. The Hall–Kier alpha value is -2.01. The number of carbonyl (C=O) groups excluding carboxylic acids is 1. The molecule has 1 N–H and O–H groups in total. The van der Waals surface area contributed by atoms with Crippen LogP contribution in [0.2, 0.25) is 0 Å². The molecule has 0 atom stereocenters. The maximum Gasteiger partial charge on any atom is 0.243 e. The molecule has 0 bridgehead atoms. The maximum absolute atomic E-state index is 11.3. The normalized spacial score (nSPS) is 9.94. The monoisotopic (exact) mass is 213 g/mol. The summed E-state index contributed by atoms with van der Waals surface area (Å²) in [4.78, 5) is 11.3. The summed E-state index contributed by atoms with van der Waals surface area (Å²) in [5.41, 5.74) is 1.02. The van der Waals surface area contributed by atoms with E-state index in [1.54, 1.807) is 6.08 Å². The number of amides is 1. The Kier molecular flexibility index (Phi) is 5.51. The zero-order valence-electron chi connectivity index (χ0n) is 9.15. The van der Waals surface area contributed by atoms with Crippen LogP contribution in [0.4, 0.5) is 0 Å². The van der Waals surface area contributed by atoms with Crippen LogP contribution >= 0.6 is 0 Å². The Balaban J connectivity index is 2.29. The van der Waals surface area contributed by atoms with Crippen molar-refractivity contribution in [3.05, 3.63) is 42.0 Å². The molecule has 0 fully saturated rings. The highest BCUT2D eigenvalue weighted by Gasteiger charge is 1.93. The summed E-state index contributed by atoms with van der Waals surface area (Å²) in [5.74, 6) is 2.45. The Morgan fingerprint density at radius 2 is 2.12 bits per heavy atom. The van der Waals surface area contributed by atoms with E-state index < -0.39 is 0 Å². The summed E-state index contributed by atoms with van der Waals surface area (Å²) in [6, 6.07) is 9.70. The molecular weight excluding hydrogens is 198 g/mol. The molecule has 2 nitrogen and oxygen atoms in total. The number of terminal acetylenes is 1. The fourth-order valence-corrected chi connectivity index (χ4v) is 1.20. The third kappa shape index (κ3) is 5.02. The van der Waals surface area contributed by atoms with Crippen molar-refractivity contribution in [2.45, 2.75) is 12.8 Å². The van der Waals surface area contributed by atoms with Crippen molar-refractivity contribution < 1.29 is 4.79 Å². The number of carbonyl (C=O) groups is 1. The maximum atomic E-state index is 11.3. The zero-order valence-corrected chi connectivity index (χ0v) is 9.15. The zero-order chi connectivity index (χ0) is 11.6. The Labute approximate surface area is 96.4 Å². The van der Waals surface area contributed by atoms with Gasteiger partial charge in [-0.2, -0.15) is 0 Å². The highest BCUT2D eigenvalue weighted by atomic mass is 16.1. The van der Waals surface area contributed by atoms with Crippen molar-refractivity contribution >= 4 is 12.0 Å². The Bertz CT molecular complexity index is 387. The first-order valence-electron chi connectivity index (χ1n) is 5.27. The van der Waals surface area contributed by atoms with Gasteiger partial charge in [-0.15, -0.1) is 12.3 Å². The molecule has 1 amide bonds. The summed E-state index contributed by atoms with van der Waals surface area (Å²) in [7, 11) is 0. The standard InChI is InChI=1S/C14H15NO/c1-2-3-7-12-15-14(16)11-10-13-8-5-4-6-9-13/h1,4-6,8-11H,3,7,12H2,(H,15,16)/b11-10+. The SMILES string of the molecule is C#CCCCNC(=O)/C=C/c1ccccc1. The molecule has 0 aliphatic rings. The summed E-state index contributed by atoms with van der Waals surface area (Å²) in [5, 5.41) is 2.77. The van der Waals surface area contributed by atoms with Crippen LogP contribution in [0.5, 0.6) is 0 Å². The first-order valence-corrected chi connectivity index (χ1v) is 5.27. The molecule has 0 aromatic heterocycles. The minimum atomic E-state index is -0.0825. The fourth-order valence-electron chi connectivity index (χ4n) is 1.20. The minimum Gasteiger partial charge on any atom is -0.353 e. The molecule has 1 aromatic carbocycles. The van der Waals surface area contributed by atoms with Gasteiger partial charge in [0.1, 0.15) is 0 Å². The van der Waals surface area contributed by atoms with E-state index in [1.807, 2.05) is 30.3 Å². The van der Waals surface area contributed by atoms with Crippen molar-refractivity contribution in [2.75, 3.05) is 6.54 Å². The van der Waals surface area contributed by atoms with Gasteiger partial charge in [-0.25, -0.2) is 0 Å². The van der Waals surface area contributed by atoms with Crippen molar-refractivity contribution in [1.29, 1.82) is 0 Å². The van der Waals surface area contributed by atoms with E-state index in [9.17, 15) is 4.79 Å². The van der Waals surface area contributed by atoms with Gasteiger partial charge in [0.15, 0.2) is 0 Å². The second-order valence-electron chi connectivity index (χ2n) is 3.34. The lowest BCUT2D eigenvalue weighted by Gasteiger charge is -1.98. The van der Waals surface area contributed by atoms with Crippen molar-refractivity contribution in [1.82, 2.24) is 5.32 Å². The van der Waals surface area contributed by atoms with Gasteiger partial charge in [-0.1, -0.05) is 30.3 Å². The van der Waals surface area contributed by atoms with E-state index in [1.165, 1.54) is 6.08 Å². The number of hydrogen-bond donors (Lipinski definition) is 1. The predicted octanol–water partition coefficient (Wildman–Crippen LogP) is 2.23. The van der Waals surface area contributed by atoms with E-state index >= 15 is 0 Å². The second-order valence-corrected chi connectivity index (χ2v) is 3.34. The van der Waals surface area contributed by atoms with Crippen molar-refractivity contribution in [3.8, 4) is 12.3 Å². The van der Waals surface area contributed by atoms with Gasteiger partial charge in [0, 0.05) is 19.0 Å². The van der Waals surface area contributed by atoms with E-state index in [4.69, 9.17) is 6.42 Å². The van der Waals surface area contributed by atoms with Crippen LogP contribution in [-0.2, 0) is 4.79 Å². The highest BCUT2D eigenvalue weighted by Crippen LogP contribution is 2.00. The second kappa shape index (κ2) is 7.30.